The number of piperidine rings is 1. The molecule has 1 aliphatic carbocycles. The summed E-state index contributed by atoms with van der Waals surface area (Å²) in [6.45, 7) is 6.06. The number of hydrogen-bond donors (Lipinski definition) is 0. The van der Waals surface area contributed by atoms with Gasteiger partial charge in [0.25, 0.3) is 0 Å². The van der Waals surface area contributed by atoms with Gasteiger partial charge in [0.05, 0.1) is 6.07 Å². The lowest BCUT2D eigenvalue weighted by Gasteiger charge is -2.42. The molecule has 2 fully saturated rings. The van der Waals surface area contributed by atoms with Crippen LogP contribution in [0.5, 0.6) is 0 Å². The van der Waals surface area contributed by atoms with E-state index in [1.807, 2.05) is 4.90 Å². The second-order valence-corrected chi connectivity index (χ2v) is 5.70. The molecule has 1 saturated heterocycles. The number of carbonyl (C=O) groups excluding carboxylic acids is 1. The lowest BCUT2D eigenvalue weighted by Crippen LogP contribution is -2.51. The molecule has 0 radical (unpaired) electrons. The third kappa shape index (κ3) is 1.81. The molecule has 16 heavy (non-hydrogen) atoms. The van der Waals surface area contributed by atoms with Gasteiger partial charge in [-0.3, -0.25) is 4.79 Å². The van der Waals surface area contributed by atoms with Gasteiger partial charge in [-0.25, -0.2) is 0 Å². The Labute approximate surface area is 97.4 Å². The van der Waals surface area contributed by atoms with Crippen LogP contribution in [0, 0.1) is 28.6 Å². The highest BCUT2D eigenvalue weighted by Gasteiger charge is 2.47. The van der Waals surface area contributed by atoms with Crippen LogP contribution in [0.1, 0.15) is 39.5 Å². The molecule has 1 aliphatic heterocycles. The summed E-state index contributed by atoms with van der Waals surface area (Å²) in [6, 6.07) is 2.25. The van der Waals surface area contributed by atoms with Crippen LogP contribution in [-0.2, 0) is 4.79 Å². The second-order valence-electron chi connectivity index (χ2n) is 5.70. The van der Waals surface area contributed by atoms with Crippen molar-refractivity contribution < 1.29 is 4.79 Å². The van der Waals surface area contributed by atoms with Crippen LogP contribution >= 0.6 is 0 Å². The molecule has 2 rings (SSSR count). The van der Waals surface area contributed by atoms with E-state index >= 15 is 0 Å². The fraction of sp³-hybridized carbons (Fsp3) is 0.846. The Balaban J connectivity index is 2.07. The monoisotopic (exact) mass is 220 g/mol. The molecule has 0 spiro atoms. The highest BCUT2D eigenvalue weighted by molar-refractivity contribution is 5.86. The van der Waals surface area contributed by atoms with Gasteiger partial charge in [0, 0.05) is 13.1 Å². The fourth-order valence-corrected chi connectivity index (χ4v) is 3.04. The van der Waals surface area contributed by atoms with Crippen LogP contribution in [0.25, 0.3) is 0 Å². The number of likely N-dealkylation sites (tertiary alicyclic amines) is 1. The summed E-state index contributed by atoms with van der Waals surface area (Å²) in [5, 5.41) is 9.17. The van der Waals surface area contributed by atoms with Crippen molar-refractivity contribution in [3.63, 3.8) is 0 Å². The van der Waals surface area contributed by atoms with Crippen molar-refractivity contribution in [2.75, 3.05) is 13.1 Å². The Bertz CT molecular complexity index is 317. The molecule has 88 valence electrons. The van der Waals surface area contributed by atoms with Crippen molar-refractivity contribution in [3.05, 3.63) is 0 Å². The third-order valence-corrected chi connectivity index (χ3v) is 3.99. The SMILES string of the molecule is CC1CC(C)CN(C(=O)C2(C#N)CCC2)C1. The molecule has 3 heteroatoms. The topological polar surface area (TPSA) is 44.1 Å². The van der Waals surface area contributed by atoms with E-state index in [1.54, 1.807) is 0 Å². The summed E-state index contributed by atoms with van der Waals surface area (Å²) in [7, 11) is 0. The molecular weight excluding hydrogens is 200 g/mol. The van der Waals surface area contributed by atoms with Gasteiger partial charge in [-0.2, -0.15) is 5.26 Å². The van der Waals surface area contributed by atoms with Gasteiger partial charge in [0.15, 0.2) is 0 Å². The minimum absolute atomic E-state index is 0.0969. The minimum atomic E-state index is -0.656. The number of carbonyl (C=O) groups is 1. The van der Waals surface area contributed by atoms with E-state index in [9.17, 15) is 10.1 Å². The first-order valence-corrected chi connectivity index (χ1v) is 6.28. The molecule has 0 N–H and O–H groups in total. The third-order valence-electron chi connectivity index (χ3n) is 3.99. The van der Waals surface area contributed by atoms with Crippen LogP contribution in [-0.4, -0.2) is 23.9 Å². The first-order chi connectivity index (χ1) is 7.57. The number of amides is 1. The smallest absolute Gasteiger partial charge is 0.243 e. The van der Waals surface area contributed by atoms with Crippen LogP contribution in [0.15, 0.2) is 0 Å². The van der Waals surface area contributed by atoms with Gasteiger partial charge in [0.1, 0.15) is 5.41 Å². The zero-order chi connectivity index (χ0) is 11.8. The summed E-state index contributed by atoms with van der Waals surface area (Å²) in [6.07, 6.45) is 3.75. The Morgan fingerprint density at radius 1 is 1.31 bits per heavy atom. The molecule has 2 unspecified atom stereocenters. The zero-order valence-electron chi connectivity index (χ0n) is 10.2. The maximum atomic E-state index is 12.3. The van der Waals surface area contributed by atoms with Crippen molar-refractivity contribution in [1.29, 1.82) is 5.26 Å². The first kappa shape index (κ1) is 11.4. The van der Waals surface area contributed by atoms with Gasteiger partial charge in [-0.1, -0.05) is 13.8 Å². The fourth-order valence-electron chi connectivity index (χ4n) is 3.04. The van der Waals surface area contributed by atoms with Crippen molar-refractivity contribution in [3.8, 4) is 6.07 Å². The van der Waals surface area contributed by atoms with Crippen LogP contribution < -0.4 is 0 Å². The average Bonchev–Trinajstić information content (AvgIpc) is 2.15. The van der Waals surface area contributed by atoms with E-state index in [2.05, 4.69) is 19.9 Å². The van der Waals surface area contributed by atoms with Crippen LogP contribution in [0.2, 0.25) is 0 Å². The zero-order valence-corrected chi connectivity index (χ0v) is 10.2. The maximum absolute atomic E-state index is 12.3. The number of hydrogen-bond acceptors (Lipinski definition) is 2. The van der Waals surface area contributed by atoms with Crippen LogP contribution in [0.4, 0.5) is 0 Å². The van der Waals surface area contributed by atoms with Crippen LogP contribution in [0.3, 0.4) is 0 Å². The summed E-state index contributed by atoms with van der Waals surface area (Å²) < 4.78 is 0. The Morgan fingerprint density at radius 2 is 1.88 bits per heavy atom. The van der Waals surface area contributed by atoms with Gasteiger partial charge < -0.3 is 4.90 Å². The number of rotatable bonds is 1. The molecule has 0 aromatic heterocycles. The molecule has 0 bridgehead atoms. The Hall–Kier alpha value is -1.04. The van der Waals surface area contributed by atoms with E-state index in [-0.39, 0.29) is 5.91 Å². The van der Waals surface area contributed by atoms with Gasteiger partial charge >= 0.3 is 0 Å². The Kier molecular flexibility index (Phi) is 2.92. The molecule has 0 aromatic rings. The molecule has 1 saturated carbocycles. The van der Waals surface area contributed by atoms with E-state index in [4.69, 9.17) is 0 Å². The molecular formula is C13H20N2O. The van der Waals surface area contributed by atoms with E-state index < -0.39 is 5.41 Å². The second kappa shape index (κ2) is 4.08. The molecule has 1 heterocycles. The van der Waals surface area contributed by atoms with E-state index in [0.29, 0.717) is 11.8 Å². The number of nitrogens with zero attached hydrogens (tertiary/aromatic N) is 2. The summed E-state index contributed by atoms with van der Waals surface area (Å²) in [5.41, 5.74) is -0.656. The maximum Gasteiger partial charge on any atom is 0.243 e. The van der Waals surface area contributed by atoms with Crippen molar-refractivity contribution >= 4 is 5.91 Å². The highest BCUT2D eigenvalue weighted by Crippen LogP contribution is 2.42. The predicted molar refractivity (Wildman–Crippen MR) is 61.4 cm³/mol. The van der Waals surface area contributed by atoms with E-state index in [1.165, 1.54) is 6.42 Å². The molecule has 3 nitrogen and oxygen atoms in total. The van der Waals surface area contributed by atoms with Gasteiger partial charge in [0.2, 0.25) is 5.91 Å². The van der Waals surface area contributed by atoms with Gasteiger partial charge in [-0.15, -0.1) is 0 Å². The summed E-state index contributed by atoms with van der Waals surface area (Å²) in [4.78, 5) is 14.3. The van der Waals surface area contributed by atoms with Gasteiger partial charge in [-0.05, 0) is 37.5 Å². The predicted octanol–water partition coefficient (Wildman–Crippen LogP) is 2.18. The normalized spacial score (nSPS) is 32.7. The minimum Gasteiger partial charge on any atom is -0.341 e. The largest absolute Gasteiger partial charge is 0.341 e. The standard InChI is InChI=1S/C13H20N2O/c1-10-6-11(2)8-15(7-10)12(16)13(9-14)4-3-5-13/h10-11H,3-8H2,1-2H3. The van der Waals surface area contributed by atoms with E-state index in [0.717, 1.165) is 32.4 Å². The summed E-state index contributed by atoms with van der Waals surface area (Å²) in [5.74, 6) is 1.24. The molecule has 0 aromatic carbocycles. The lowest BCUT2D eigenvalue weighted by molar-refractivity contribution is -0.145. The van der Waals surface area contributed by atoms with Crippen molar-refractivity contribution in [2.45, 2.75) is 39.5 Å². The van der Waals surface area contributed by atoms with Crippen molar-refractivity contribution in [1.82, 2.24) is 4.90 Å². The Morgan fingerprint density at radius 3 is 2.25 bits per heavy atom. The lowest BCUT2D eigenvalue weighted by atomic mass is 9.68. The number of nitriles is 1. The quantitative estimate of drug-likeness (QED) is 0.680. The molecule has 2 atom stereocenters. The molecule has 2 aliphatic rings. The average molecular weight is 220 g/mol. The summed E-state index contributed by atoms with van der Waals surface area (Å²) >= 11 is 0. The molecule has 1 amide bonds. The first-order valence-electron chi connectivity index (χ1n) is 6.28. The highest BCUT2D eigenvalue weighted by atomic mass is 16.2. The van der Waals surface area contributed by atoms with Crippen molar-refractivity contribution in [2.24, 2.45) is 17.3 Å².